The molecular formula is C10H16. The van der Waals surface area contributed by atoms with Crippen LogP contribution in [0.2, 0.25) is 0 Å². The van der Waals surface area contributed by atoms with Crippen molar-refractivity contribution in [2.24, 2.45) is 11.8 Å². The van der Waals surface area contributed by atoms with E-state index in [1.54, 1.807) is 0 Å². The molecule has 2 aliphatic carbocycles. The van der Waals surface area contributed by atoms with Crippen molar-refractivity contribution in [2.45, 2.75) is 26.7 Å². The summed E-state index contributed by atoms with van der Waals surface area (Å²) in [7, 11) is 0. The van der Waals surface area contributed by atoms with Gasteiger partial charge in [-0.3, -0.25) is 0 Å². The average Bonchev–Trinajstić information content (AvgIpc) is 2.66. The molecule has 0 nitrogen and oxygen atoms in total. The van der Waals surface area contributed by atoms with Gasteiger partial charge < -0.3 is 0 Å². The van der Waals surface area contributed by atoms with Crippen LogP contribution in [0.1, 0.15) is 26.7 Å². The van der Waals surface area contributed by atoms with E-state index in [2.05, 4.69) is 24.3 Å². The summed E-state index contributed by atoms with van der Waals surface area (Å²) in [5.41, 5.74) is 0. The summed E-state index contributed by atoms with van der Waals surface area (Å²) in [6, 6.07) is 0. The zero-order valence-corrected chi connectivity index (χ0v) is 6.88. The second kappa shape index (κ2) is 3.60. The summed E-state index contributed by atoms with van der Waals surface area (Å²) in [4.78, 5) is 0. The Bertz CT molecular complexity index is 142. The van der Waals surface area contributed by atoms with Gasteiger partial charge in [0.15, 0.2) is 0 Å². The van der Waals surface area contributed by atoms with Gasteiger partial charge >= 0.3 is 0 Å². The second-order valence-corrected chi connectivity index (χ2v) is 2.71. The summed E-state index contributed by atoms with van der Waals surface area (Å²) in [5, 5.41) is 0. The van der Waals surface area contributed by atoms with E-state index in [0.717, 1.165) is 11.8 Å². The van der Waals surface area contributed by atoms with Gasteiger partial charge in [-0.2, -0.15) is 0 Å². The topological polar surface area (TPSA) is 0 Å². The first-order valence-electron chi connectivity index (χ1n) is 4.30. The van der Waals surface area contributed by atoms with Crippen LogP contribution in [0.25, 0.3) is 0 Å². The fourth-order valence-electron chi connectivity index (χ4n) is 1.32. The number of rotatable bonds is 0. The Morgan fingerprint density at radius 3 is 2.80 bits per heavy atom. The van der Waals surface area contributed by atoms with Crippen LogP contribution in [0.3, 0.4) is 0 Å². The van der Waals surface area contributed by atoms with E-state index in [-0.39, 0.29) is 0 Å². The average molecular weight is 136 g/mol. The van der Waals surface area contributed by atoms with E-state index < -0.39 is 0 Å². The molecule has 2 rings (SSSR count). The maximum Gasteiger partial charge on any atom is -0.0196 e. The molecule has 0 saturated heterocycles. The molecule has 0 heteroatoms. The highest BCUT2D eigenvalue weighted by Gasteiger charge is 2.33. The van der Waals surface area contributed by atoms with Crippen molar-refractivity contribution in [3.05, 3.63) is 24.3 Å². The molecule has 0 aromatic heterocycles. The van der Waals surface area contributed by atoms with Crippen molar-refractivity contribution in [1.82, 2.24) is 0 Å². The van der Waals surface area contributed by atoms with Crippen LogP contribution < -0.4 is 0 Å². The van der Waals surface area contributed by atoms with E-state index >= 15 is 0 Å². The molecule has 10 heavy (non-hydrogen) atoms. The van der Waals surface area contributed by atoms with E-state index in [0.29, 0.717) is 0 Å². The van der Waals surface area contributed by atoms with Gasteiger partial charge in [0.25, 0.3) is 0 Å². The minimum atomic E-state index is 0.949. The van der Waals surface area contributed by atoms with E-state index in [1.165, 1.54) is 12.8 Å². The number of hydrogen-bond acceptors (Lipinski definition) is 0. The predicted molar refractivity (Wildman–Crippen MR) is 45.8 cm³/mol. The fraction of sp³-hybridized carbons (Fsp3) is 0.600. The Hall–Kier alpha value is -0.520. The van der Waals surface area contributed by atoms with Crippen molar-refractivity contribution in [2.75, 3.05) is 0 Å². The lowest BCUT2D eigenvalue weighted by molar-refractivity contribution is 0.813. The fourth-order valence-corrected chi connectivity index (χ4v) is 1.32. The van der Waals surface area contributed by atoms with Gasteiger partial charge in [0.1, 0.15) is 0 Å². The van der Waals surface area contributed by atoms with Crippen molar-refractivity contribution in [3.63, 3.8) is 0 Å². The van der Waals surface area contributed by atoms with Crippen LogP contribution >= 0.6 is 0 Å². The molecule has 1 saturated carbocycles. The van der Waals surface area contributed by atoms with Crippen molar-refractivity contribution in [1.29, 1.82) is 0 Å². The number of fused-ring (bicyclic) bond motifs is 1. The molecule has 0 spiro atoms. The van der Waals surface area contributed by atoms with Gasteiger partial charge in [0.05, 0.1) is 0 Å². The maximum absolute atomic E-state index is 2.33. The molecule has 2 aliphatic rings. The third-order valence-corrected chi connectivity index (χ3v) is 2.02. The lowest BCUT2D eigenvalue weighted by Crippen LogP contribution is -1.70. The Balaban J connectivity index is 0.000000231. The lowest BCUT2D eigenvalue weighted by atomic mass is 10.2. The minimum absolute atomic E-state index is 0.949. The van der Waals surface area contributed by atoms with Crippen LogP contribution in [0.4, 0.5) is 0 Å². The SMILES string of the molecule is C1=CCC2CC2C=C1.CC. The first kappa shape index (κ1) is 7.59. The Kier molecular flexibility index (Phi) is 2.73. The van der Waals surface area contributed by atoms with Crippen LogP contribution in [0, 0.1) is 11.8 Å². The first-order chi connectivity index (χ1) is 4.97. The van der Waals surface area contributed by atoms with Crippen molar-refractivity contribution >= 4 is 0 Å². The third kappa shape index (κ3) is 1.73. The zero-order chi connectivity index (χ0) is 7.40. The Labute approximate surface area is 63.6 Å². The number of hydrogen-bond donors (Lipinski definition) is 0. The van der Waals surface area contributed by atoms with Crippen LogP contribution in [-0.4, -0.2) is 0 Å². The highest BCUT2D eigenvalue weighted by Crippen LogP contribution is 2.43. The molecule has 0 aromatic rings. The minimum Gasteiger partial charge on any atom is -0.0843 e. The Morgan fingerprint density at radius 2 is 2.00 bits per heavy atom. The van der Waals surface area contributed by atoms with Gasteiger partial charge in [0.2, 0.25) is 0 Å². The van der Waals surface area contributed by atoms with E-state index in [1.807, 2.05) is 13.8 Å². The second-order valence-electron chi connectivity index (χ2n) is 2.71. The van der Waals surface area contributed by atoms with Gasteiger partial charge in [-0.1, -0.05) is 38.2 Å². The smallest absolute Gasteiger partial charge is 0.0196 e. The molecule has 1 fully saturated rings. The molecule has 0 aliphatic heterocycles. The third-order valence-electron chi connectivity index (χ3n) is 2.02. The van der Waals surface area contributed by atoms with Gasteiger partial charge in [-0.15, -0.1) is 0 Å². The molecule has 2 unspecified atom stereocenters. The number of allylic oxidation sites excluding steroid dienone is 4. The highest BCUT2D eigenvalue weighted by atomic mass is 14.4. The normalized spacial score (nSPS) is 33.4. The van der Waals surface area contributed by atoms with E-state index in [4.69, 9.17) is 0 Å². The summed E-state index contributed by atoms with van der Waals surface area (Å²) in [5.74, 6) is 1.97. The van der Waals surface area contributed by atoms with Gasteiger partial charge in [0, 0.05) is 0 Å². The molecular weight excluding hydrogens is 120 g/mol. The molecule has 0 bridgehead atoms. The summed E-state index contributed by atoms with van der Waals surface area (Å²) < 4.78 is 0. The molecule has 0 amide bonds. The van der Waals surface area contributed by atoms with Crippen molar-refractivity contribution in [3.8, 4) is 0 Å². The van der Waals surface area contributed by atoms with Crippen molar-refractivity contribution < 1.29 is 0 Å². The van der Waals surface area contributed by atoms with Crippen LogP contribution in [0.5, 0.6) is 0 Å². The predicted octanol–water partition coefficient (Wildman–Crippen LogP) is 3.16. The van der Waals surface area contributed by atoms with Gasteiger partial charge in [-0.25, -0.2) is 0 Å². The first-order valence-corrected chi connectivity index (χ1v) is 4.30. The quantitative estimate of drug-likeness (QED) is 0.480. The lowest BCUT2D eigenvalue weighted by Gasteiger charge is -1.81. The monoisotopic (exact) mass is 136 g/mol. The maximum atomic E-state index is 2.33. The molecule has 0 aromatic carbocycles. The standard InChI is InChI=1S/C8H10.C2H6/c1-2-4-7-6-8(7)5-3-1;1-2/h1-4,7-8H,5-6H2;1-2H3. The van der Waals surface area contributed by atoms with Gasteiger partial charge in [-0.05, 0) is 24.7 Å². The highest BCUT2D eigenvalue weighted by molar-refractivity contribution is 5.15. The summed E-state index contributed by atoms with van der Waals surface area (Å²) in [6.45, 7) is 4.00. The molecule has 2 atom stereocenters. The molecule has 0 N–H and O–H groups in total. The van der Waals surface area contributed by atoms with Crippen LogP contribution in [0.15, 0.2) is 24.3 Å². The van der Waals surface area contributed by atoms with E-state index in [9.17, 15) is 0 Å². The zero-order valence-electron chi connectivity index (χ0n) is 6.88. The summed E-state index contributed by atoms with van der Waals surface area (Å²) >= 11 is 0. The Morgan fingerprint density at radius 1 is 1.20 bits per heavy atom. The summed E-state index contributed by atoms with van der Waals surface area (Å²) in [6.07, 6.45) is 11.7. The largest absolute Gasteiger partial charge is 0.0843 e. The molecule has 0 radical (unpaired) electrons. The molecule has 0 heterocycles. The molecule has 56 valence electrons. The van der Waals surface area contributed by atoms with Crippen LogP contribution in [-0.2, 0) is 0 Å².